The molecule has 0 amide bonds. The molecule has 2 aliphatic rings. The van der Waals surface area contributed by atoms with Crippen molar-refractivity contribution in [2.75, 3.05) is 20.6 Å². The van der Waals surface area contributed by atoms with Crippen molar-refractivity contribution in [2.45, 2.75) is 50.0 Å². The van der Waals surface area contributed by atoms with Gasteiger partial charge in [-0.3, -0.25) is 4.68 Å². The van der Waals surface area contributed by atoms with E-state index >= 15 is 4.39 Å². The van der Waals surface area contributed by atoms with Crippen LogP contribution < -0.4 is 5.32 Å². The monoisotopic (exact) mass is 300 g/mol. The number of rotatable bonds is 4. The van der Waals surface area contributed by atoms with Gasteiger partial charge in [-0.1, -0.05) is 11.6 Å². The van der Waals surface area contributed by atoms with Crippen LogP contribution in [0.4, 0.5) is 4.39 Å². The number of halogens is 2. The molecule has 0 aliphatic carbocycles. The molecule has 2 atom stereocenters. The smallest absolute Gasteiger partial charge is 0.156 e. The Kier molecular flexibility index (Phi) is 3.77. The van der Waals surface area contributed by atoms with Gasteiger partial charge in [0.1, 0.15) is 0 Å². The summed E-state index contributed by atoms with van der Waals surface area (Å²) in [6.45, 7) is 1.50. The lowest BCUT2D eigenvalue weighted by Crippen LogP contribution is -2.45. The molecule has 4 nitrogen and oxygen atoms in total. The molecule has 20 heavy (non-hydrogen) atoms. The van der Waals surface area contributed by atoms with Crippen LogP contribution in [0.5, 0.6) is 0 Å². The number of nitrogens with one attached hydrogen (secondary N) is 1. The number of likely N-dealkylation sites (N-methyl/N-ethyl adjacent to an activating group) is 1. The van der Waals surface area contributed by atoms with Crippen molar-refractivity contribution in [1.29, 1.82) is 0 Å². The Balaban J connectivity index is 1.87. The number of hydrogen-bond donors (Lipinski definition) is 1. The van der Waals surface area contributed by atoms with Crippen LogP contribution in [0.2, 0.25) is 5.02 Å². The normalized spacial score (nSPS) is 33.0. The number of aromatic nitrogens is 2. The fourth-order valence-corrected chi connectivity index (χ4v) is 3.86. The molecule has 3 rings (SSSR count). The maximum Gasteiger partial charge on any atom is 0.156 e. The second-order valence-corrected chi connectivity index (χ2v) is 6.79. The molecule has 1 aromatic heterocycles. The highest BCUT2D eigenvalue weighted by Crippen LogP contribution is 2.45. The summed E-state index contributed by atoms with van der Waals surface area (Å²) in [7, 11) is 4.00. The lowest BCUT2D eigenvalue weighted by molar-refractivity contribution is 0.0766. The van der Waals surface area contributed by atoms with E-state index in [1.165, 1.54) is 0 Å². The molecule has 2 bridgehead atoms. The van der Waals surface area contributed by atoms with Gasteiger partial charge in [0.2, 0.25) is 0 Å². The summed E-state index contributed by atoms with van der Waals surface area (Å²) in [5.41, 5.74) is -0.754. The quantitative estimate of drug-likeness (QED) is 0.925. The Hall–Kier alpha value is -0.650. The SMILES string of the molecule is CN(C)CCn1ncc(Cl)c1C1(F)CC2CCC(C1)N2. The Morgan fingerprint density at radius 1 is 1.45 bits per heavy atom. The highest BCUT2D eigenvalue weighted by atomic mass is 35.5. The van der Waals surface area contributed by atoms with E-state index in [0.717, 1.165) is 19.4 Å². The molecule has 2 fully saturated rings. The van der Waals surface area contributed by atoms with Gasteiger partial charge in [-0.2, -0.15) is 5.10 Å². The van der Waals surface area contributed by atoms with Crippen LogP contribution in [-0.4, -0.2) is 47.4 Å². The fourth-order valence-electron chi connectivity index (χ4n) is 3.55. The third-order valence-corrected chi connectivity index (χ3v) is 4.73. The van der Waals surface area contributed by atoms with Gasteiger partial charge in [-0.25, -0.2) is 4.39 Å². The first-order valence-corrected chi connectivity index (χ1v) is 7.67. The molecule has 2 saturated heterocycles. The number of hydrogen-bond acceptors (Lipinski definition) is 3. The molecule has 3 heterocycles. The average Bonchev–Trinajstić information content (AvgIpc) is 2.90. The first kappa shape index (κ1) is 14.3. The van der Waals surface area contributed by atoms with Gasteiger partial charge < -0.3 is 10.2 Å². The minimum absolute atomic E-state index is 0.284. The minimum Gasteiger partial charge on any atom is -0.311 e. The predicted octanol–water partition coefficient (Wildman–Crippen LogP) is 2.18. The van der Waals surface area contributed by atoms with Crippen molar-refractivity contribution in [1.82, 2.24) is 20.0 Å². The van der Waals surface area contributed by atoms with E-state index in [4.69, 9.17) is 11.6 Å². The number of fused-ring (bicyclic) bond motifs is 2. The summed E-state index contributed by atoms with van der Waals surface area (Å²) in [5.74, 6) is 0. The minimum atomic E-state index is -1.34. The molecule has 2 aliphatic heterocycles. The summed E-state index contributed by atoms with van der Waals surface area (Å²) in [5, 5.41) is 8.22. The Morgan fingerprint density at radius 3 is 2.70 bits per heavy atom. The second kappa shape index (κ2) is 5.28. The zero-order valence-electron chi connectivity index (χ0n) is 12.1. The van der Waals surface area contributed by atoms with Crippen LogP contribution >= 0.6 is 11.6 Å². The van der Waals surface area contributed by atoms with Gasteiger partial charge in [0.05, 0.1) is 23.5 Å². The van der Waals surface area contributed by atoms with Crippen LogP contribution in [0, 0.1) is 0 Å². The number of piperidine rings is 1. The van der Waals surface area contributed by atoms with E-state index in [-0.39, 0.29) is 12.1 Å². The summed E-state index contributed by atoms with van der Waals surface area (Å²) in [4.78, 5) is 2.07. The summed E-state index contributed by atoms with van der Waals surface area (Å²) in [6.07, 6.45) is 4.74. The fraction of sp³-hybridized carbons (Fsp3) is 0.786. The van der Waals surface area contributed by atoms with Gasteiger partial charge >= 0.3 is 0 Å². The first-order valence-electron chi connectivity index (χ1n) is 7.29. The molecule has 1 aromatic rings. The zero-order chi connectivity index (χ0) is 14.3. The van der Waals surface area contributed by atoms with E-state index in [1.807, 2.05) is 14.1 Å². The molecular formula is C14H22ClFN4. The number of nitrogens with zero attached hydrogens (tertiary/aromatic N) is 3. The van der Waals surface area contributed by atoms with Gasteiger partial charge in [0.25, 0.3) is 0 Å². The van der Waals surface area contributed by atoms with E-state index < -0.39 is 5.67 Å². The molecule has 6 heteroatoms. The van der Waals surface area contributed by atoms with E-state index in [2.05, 4.69) is 15.3 Å². The van der Waals surface area contributed by atoms with Crippen molar-refractivity contribution in [3.8, 4) is 0 Å². The molecular weight excluding hydrogens is 279 g/mol. The third kappa shape index (κ3) is 2.59. The third-order valence-electron chi connectivity index (χ3n) is 4.45. The highest BCUT2D eigenvalue weighted by Gasteiger charge is 2.48. The van der Waals surface area contributed by atoms with Crippen molar-refractivity contribution >= 4 is 11.6 Å². The van der Waals surface area contributed by atoms with Crippen molar-refractivity contribution in [2.24, 2.45) is 0 Å². The molecule has 0 spiro atoms. The molecule has 0 saturated carbocycles. The standard InChI is InChI=1S/C14H22ClFN4/c1-19(2)5-6-20-13(12(15)9-17-20)14(16)7-10-3-4-11(8-14)18-10/h9-11,18H,3-8H2,1-2H3. The lowest BCUT2D eigenvalue weighted by atomic mass is 9.86. The van der Waals surface area contributed by atoms with Crippen LogP contribution in [-0.2, 0) is 12.2 Å². The van der Waals surface area contributed by atoms with E-state index in [9.17, 15) is 0 Å². The van der Waals surface area contributed by atoms with Crippen LogP contribution in [0.15, 0.2) is 6.20 Å². The maximum absolute atomic E-state index is 15.5. The molecule has 0 aromatic carbocycles. The maximum atomic E-state index is 15.5. The molecule has 0 radical (unpaired) electrons. The highest BCUT2D eigenvalue weighted by molar-refractivity contribution is 6.31. The molecule has 2 unspecified atom stereocenters. The number of alkyl halides is 1. The van der Waals surface area contributed by atoms with Crippen LogP contribution in [0.25, 0.3) is 0 Å². The van der Waals surface area contributed by atoms with E-state index in [1.54, 1.807) is 10.9 Å². The summed E-state index contributed by atoms with van der Waals surface area (Å²) < 4.78 is 17.3. The van der Waals surface area contributed by atoms with Gasteiger partial charge in [-0.15, -0.1) is 0 Å². The van der Waals surface area contributed by atoms with Gasteiger partial charge in [0.15, 0.2) is 5.67 Å². The van der Waals surface area contributed by atoms with Crippen LogP contribution in [0.1, 0.15) is 31.4 Å². The average molecular weight is 301 g/mol. The van der Waals surface area contributed by atoms with Gasteiger partial charge in [0, 0.05) is 31.5 Å². The molecule has 1 N–H and O–H groups in total. The van der Waals surface area contributed by atoms with Gasteiger partial charge in [-0.05, 0) is 26.9 Å². The van der Waals surface area contributed by atoms with Crippen molar-refractivity contribution in [3.63, 3.8) is 0 Å². The topological polar surface area (TPSA) is 33.1 Å². The zero-order valence-corrected chi connectivity index (χ0v) is 12.8. The summed E-state index contributed by atoms with van der Waals surface area (Å²) in [6, 6.07) is 0.569. The second-order valence-electron chi connectivity index (χ2n) is 6.38. The van der Waals surface area contributed by atoms with E-state index in [0.29, 0.717) is 30.1 Å². The van der Waals surface area contributed by atoms with Crippen molar-refractivity contribution < 1.29 is 4.39 Å². The Morgan fingerprint density at radius 2 is 2.10 bits per heavy atom. The largest absolute Gasteiger partial charge is 0.311 e. The molecule has 112 valence electrons. The van der Waals surface area contributed by atoms with Crippen molar-refractivity contribution in [3.05, 3.63) is 16.9 Å². The Bertz CT molecular complexity index is 476. The van der Waals surface area contributed by atoms with Crippen LogP contribution in [0.3, 0.4) is 0 Å². The Labute approximate surface area is 124 Å². The predicted molar refractivity (Wildman–Crippen MR) is 77.8 cm³/mol. The lowest BCUT2D eigenvalue weighted by Gasteiger charge is -2.35. The first-order chi connectivity index (χ1) is 9.48. The summed E-state index contributed by atoms with van der Waals surface area (Å²) >= 11 is 6.24.